The van der Waals surface area contributed by atoms with E-state index in [4.69, 9.17) is 14.2 Å². The molecule has 29 heavy (non-hydrogen) atoms. The largest absolute Gasteiger partial charge is 0.497 e. The third-order valence-electron chi connectivity index (χ3n) is 5.40. The minimum atomic E-state index is -0.141. The summed E-state index contributed by atoms with van der Waals surface area (Å²) in [4.78, 5) is 15.3. The maximum atomic E-state index is 12.8. The van der Waals surface area contributed by atoms with Crippen LogP contribution in [0.3, 0.4) is 0 Å². The predicted octanol–water partition coefficient (Wildman–Crippen LogP) is 3.67. The molecule has 1 aliphatic rings. The lowest BCUT2D eigenvalue weighted by Crippen LogP contribution is -2.40. The first-order valence-electron chi connectivity index (χ1n) is 10.0. The summed E-state index contributed by atoms with van der Waals surface area (Å²) in [6.07, 6.45) is 3.64. The number of hydrogen-bond donors (Lipinski definition) is 1. The van der Waals surface area contributed by atoms with Crippen LogP contribution in [0.2, 0.25) is 0 Å². The molecular formula is C23H30N2O4. The van der Waals surface area contributed by atoms with Crippen LogP contribution in [-0.4, -0.2) is 51.8 Å². The van der Waals surface area contributed by atoms with Gasteiger partial charge in [0, 0.05) is 18.2 Å². The zero-order valence-corrected chi connectivity index (χ0v) is 17.4. The van der Waals surface area contributed by atoms with Gasteiger partial charge >= 0.3 is 0 Å². The molecule has 1 amide bonds. The van der Waals surface area contributed by atoms with Gasteiger partial charge in [0.2, 0.25) is 0 Å². The fourth-order valence-electron chi connectivity index (χ4n) is 3.74. The van der Waals surface area contributed by atoms with Crippen LogP contribution in [0.4, 0.5) is 0 Å². The second kappa shape index (κ2) is 10.2. The molecule has 1 heterocycles. The van der Waals surface area contributed by atoms with Crippen molar-refractivity contribution in [2.45, 2.75) is 25.3 Å². The number of hydrogen-bond acceptors (Lipinski definition) is 5. The molecule has 0 aliphatic carbocycles. The minimum absolute atomic E-state index is 0.123. The van der Waals surface area contributed by atoms with Crippen molar-refractivity contribution in [3.63, 3.8) is 0 Å². The van der Waals surface area contributed by atoms with Gasteiger partial charge in [-0.3, -0.25) is 9.69 Å². The number of piperidine rings is 1. The molecule has 3 rings (SSSR count). The van der Waals surface area contributed by atoms with Gasteiger partial charge < -0.3 is 19.5 Å². The van der Waals surface area contributed by atoms with E-state index >= 15 is 0 Å². The van der Waals surface area contributed by atoms with Crippen molar-refractivity contribution in [1.29, 1.82) is 0 Å². The lowest BCUT2D eigenvalue weighted by Gasteiger charge is -2.35. The van der Waals surface area contributed by atoms with E-state index in [0.717, 1.165) is 18.8 Å². The summed E-state index contributed by atoms with van der Waals surface area (Å²) < 4.78 is 15.8. The van der Waals surface area contributed by atoms with Crippen molar-refractivity contribution in [3.05, 3.63) is 53.6 Å². The molecule has 2 aromatic rings. The first kappa shape index (κ1) is 21.0. The summed E-state index contributed by atoms with van der Waals surface area (Å²) in [6.45, 7) is 2.61. The normalized spacial score (nSPS) is 15.4. The third kappa shape index (κ3) is 5.41. The molecule has 0 bridgehead atoms. The molecule has 1 aliphatic heterocycles. The Balaban J connectivity index is 1.76. The third-order valence-corrected chi connectivity index (χ3v) is 5.40. The number of likely N-dealkylation sites (tertiary alicyclic amines) is 1. The number of benzene rings is 2. The average Bonchev–Trinajstić information content (AvgIpc) is 2.79. The van der Waals surface area contributed by atoms with Crippen molar-refractivity contribution in [2.75, 3.05) is 41.0 Å². The number of nitrogens with one attached hydrogen (secondary N) is 1. The van der Waals surface area contributed by atoms with Crippen molar-refractivity contribution in [3.8, 4) is 17.2 Å². The summed E-state index contributed by atoms with van der Waals surface area (Å²) in [7, 11) is 4.82. The van der Waals surface area contributed by atoms with E-state index < -0.39 is 0 Å². The molecule has 0 saturated carbocycles. The van der Waals surface area contributed by atoms with Gasteiger partial charge in [-0.1, -0.05) is 18.6 Å². The molecule has 1 atom stereocenters. The quantitative estimate of drug-likeness (QED) is 0.735. The van der Waals surface area contributed by atoms with E-state index in [1.807, 2.05) is 12.1 Å². The monoisotopic (exact) mass is 398 g/mol. The van der Waals surface area contributed by atoms with Crippen molar-refractivity contribution < 1.29 is 19.0 Å². The Hall–Kier alpha value is -2.73. The van der Waals surface area contributed by atoms with Crippen LogP contribution in [0.25, 0.3) is 0 Å². The number of carbonyl (C=O) groups excluding carboxylic acids is 1. The van der Waals surface area contributed by atoms with Crippen molar-refractivity contribution in [2.24, 2.45) is 0 Å². The number of methoxy groups -OCH3 is 3. The molecule has 1 saturated heterocycles. The summed E-state index contributed by atoms with van der Waals surface area (Å²) in [5.41, 5.74) is 1.70. The number of nitrogens with zero attached hydrogens (tertiary/aromatic N) is 1. The van der Waals surface area contributed by atoms with Crippen LogP contribution < -0.4 is 19.5 Å². The highest BCUT2D eigenvalue weighted by Crippen LogP contribution is 2.27. The number of amides is 1. The van der Waals surface area contributed by atoms with Crippen molar-refractivity contribution in [1.82, 2.24) is 10.2 Å². The Morgan fingerprint density at radius 1 is 0.897 bits per heavy atom. The minimum Gasteiger partial charge on any atom is -0.497 e. The summed E-state index contributed by atoms with van der Waals surface area (Å²) in [5, 5.41) is 3.10. The van der Waals surface area contributed by atoms with Crippen molar-refractivity contribution >= 4 is 5.91 Å². The number of ether oxygens (including phenoxy) is 3. The van der Waals surface area contributed by atoms with Crippen LogP contribution in [0.5, 0.6) is 17.2 Å². The van der Waals surface area contributed by atoms with Gasteiger partial charge in [0.15, 0.2) is 0 Å². The second-order valence-electron chi connectivity index (χ2n) is 7.20. The molecule has 1 fully saturated rings. The molecule has 2 aromatic carbocycles. The van der Waals surface area contributed by atoms with E-state index in [2.05, 4.69) is 22.3 Å². The zero-order chi connectivity index (χ0) is 20.6. The number of carbonyl (C=O) groups is 1. The molecule has 6 nitrogen and oxygen atoms in total. The highest BCUT2D eigenvalue weighted by Gasteiger charge is 2.23. The molecule has 6 heteroatoms. The van der Waals surface area contributed by atoms with Gasteiger partial charge in [0.25, 0.3) is 5.91 Å². The van der Waals surface area contributed by atoms with Gasteiger partial charge in [-0.15, -0.1) is 0 Å². The van der Waals surface area contributed by atoms with E-state index in [1.165, 1.54) is 24.8 Å². The highest BCUT2D eigenvalue weighted by atomic mass is 16.5. The summed E-state index contributed by atoms with van der Waals surface area (Å²) in [5.74, 6) is 1.88. The zero-order valence-electron chi connectivity index (χ0n) is 17.4. The fourth-order valence-corrected chi connectivity index (χ4v) is 3.74. The van der Waals surface area contributed by atoms with Gasteiger partial charge in [0.05, 0.1) is 27.4 Å². The molecule has 156 valence electrons. The maximum absolute atomic E-state index is 12.8. The smallest absolute Gasteiger partial charge is 0.251 e. The molecular weight excluding hydrogens is 368 g/mol. The van der Waals surface area contributed by atoms with E-state index in [0.29, 0.717) is 23.6 Å². The van der Waals surface area contributed by atoms with E-state index in [9.17, 15) is 4.79 Å². The Morgan fingerprint density at radius 2 is 1.48 bits per heavy atom. The molecule has 0 aromatic heterocycles. The summed E-state index contributed by atoms with van der Waals surface area (Å²) in [6, 6.07) is 13.4. The molecule has 0 radical (unpaired) electrons. The van der Waals surface area contributed by atoms with Gasteiger partial charge in [0.1, 0.15) is 17.2 Å². The van der Waals surface area contributed by atoms with Gasteiger partial charge in [-0.2, -0.15) is 0 Å². The van der Waals surface area contributed by atoms with Crippen LogP contribution in [0.1, 0.15) is 41.2 Å². The Bertz CT molecular complexity index is 779. The van der Waals surface area contributed by atoms with Gasteiger partial charge in [-0.25, -0.2) is 0 Å². The highest BCUT2D eigenvalue weighted by molar-refractivity contribution is 5.95. The molecule has 0 spiro atoms. The first-order chi connectivity index (χ1) is 14.1. The molecule has 1 unspecified atom stereocenters. The SMILES string of the molecule is COc1ccc(C(CNC(=O)c2cc(OC)cc(OC)c2)N2CCCCC2)cc1. The standard InChI is InChI=1S/C23H30N2O4/c1-27-19-9-7-17(8-10-19)22(25-11-5-4-6-12-25)16-24-23(26)18-13-20(28-2)15-21(14-18)29-3/h7-10,13-15,22H,4-6,11-12,16H2,1-3H3,(H,24,26). The Labute approximate surface area is 172 Å². The van der Waals surface area contributed by atoms with E-state index in [1.54, 1.807) is 39.5 Å². The second-order valence-corrected chi connectivity index (χ2v) is 7.20. The van der Waals surface area contributed by atoms with Crippen LogP contribution in [0.15, 0.2) is 42.5 Å². The van der Waals surface area contributed by atoms with Crippen LogP contribution in [0, 0.1) is 0 Å². The van der Waals surface area contributed by atoms with E-state index in [-0.39, 0.29) is 11.9 Å². The van der Waals surface area contributed by atoms with Crippen LogP contribution >= 0.6 is 0 Å². The lowest BCUT2D eigenvalue weighted by molar-refractivity contribution is 0.0923. The fraction of sp³-hybridized carbons (Fsp3) is 0.435. The lowest BCUT2D eigenvalue weighted by atomic mass is 10.0. The number of rotatable bonds is 8. The maximum Gasteiger partial charge on any atom is 0.251 e. The topological polar surface area (TPSA) is 60.0 Å². The Morgan fingerprint density at radius 3 is 2.03 bits per heavy atom. The average molecular weight is 399 g/mol. The first-order valence-corrected chi connectivity index (χ1v) is 10.0. The van der Waals surface area contributed by atoms with Crippen LogP contribution in [-0.2, 0) is 0 Å². The van der Waals surface area contributed by atoms with Gasteiger partial charge in [-0.05, 0) is 55.8 Å². The summed E-state index contributed by atoms with van der Waals surface area (Å²) >= 11 is 0. The molecule has 1 N–H and O–H groups in total. The predicted molar refractivity (Wildman–Crippen MR) is 113 cm³/mol. The Kier molecular flexibility index (Phi) is 7.36.